The Hall–Kier alpha value is -1.34. The summed E-state index contributed by atoms with van der Waals surface area (Å²) in [5.41, 5.74) is 6.01. The minimum Gasteiger partial charge on any atom is -0.489 e. The number of aromatic nitrogens is 1. The zero-order chi connectivity index (χ0) is 17.1. The molecule has 1 amide bonds. The second kappa shape index (κ2) is 7.70. The average Bonchev–Trinajstić information content (AvgIpc) is 3.07. The summed E-state index contributed by atoms with van der Waals surface area (Å²) in [5.74, 6) is 0.580. The van der Waals surface area contributed by atoms with Crippen molar-refractivity contribution in [3.63, 3.8) is 0 Å². The van der Waals surface area contributed by atoms with Crippen molar-refractivity contribution < 1.29 is 9.53 Å². The van der Waals surface area contributed by atoms with E-state index < -0.39 is 0 Å². The lowest BCUT2D eigenvalue weighted by Gasteiger charge is -2.32. The number of benzene rings is 1. The molecule has 3 rings (SSSR count). The molecule has 0 bridgehead atoms. The van der Waals surface area contributed by atoms with Crippen molar-refractivity contribution in [2.45, 2.75) is 25.5 Å². The summed E-state index contributed by atoms with van der Waals surface area (Å²) < 4.78 is 5.96. The van der Waals surface area contributed by atoms with Crippen LogP contribution in [0.5, 0.6) is 5.75 Å². The predicted molar refractivity (Wildman–Crippen MR) is 96.0 cm³/mol. The second-order valence-electron chi connectivity index (χ2n) is 5.54. The molecule has 0 aliphatic carbocycles. The smallest absolute Gasteiger partial charge is 0.273 e. The number of carbonyl (C=O) groups excluding carboxylic acids is 1. The van der Waals surface area contributed by atoms with Crippen LogP contribution in [0.2, 0.25) is 10.0 Å². The van der Waals surface area contributed by atoms with Gasteiger partial charge in [-0.05, 0) is 25.0 Å². The first kappa shape index (κ1) is 17.5. The maximum atomic E-state index is 12.6. The molecule has 2 aromatic rings. The van der Waals surface area contributed by atoms with Gasteiger partial charge in [0.1, 0.15) is 22.6 Å². The Morgan fingerprint density at radius 1 is 1.42 bits per heavy atom. The lowest BCUT2D eigenvalue weighted by atomic mass is 10.1. The van der Waals surface area contributed by atoms with Crippen LogP contribution in [0.1, 0.15) is 28.3 Å². The number of piperidine rings is 1. The highest BCUT2D eigenvalue weighted by Crippen LogP contribution is 2.28. The van der Waals surface area contributed by atoms with Crippen molar-refractivity contribution in [2.24, 2.45) is 5.73 Å². The Bertz CT molecular complexity index is 738. The van der Waals surface area contributed by atoms with Crippen LogP contribution in [-0.2, 0) is 6.54 Å². The number of nitrogens with zero attached hydrogens (tertiary/aromatic N) is 2. The lowest BCUT2D eigenvalue weighted by molar-refractivity contribution is 0.0533. The Morgan fingerprint density at radius 2 is 2.25 bits per heavy atom. The number of thiazole rings is 1. The van der Waals surface area contributed by atoms with Gasteiger partial charge in [0.2, 0.25) is 0 Å². The van der Waals surface area contributed by atoms with Crippen LogP contribution in [0, 0.1) is 0 Å². The van der Waals surface area contributed by atoms with Crippen LogP contribution in [0.25, 0.3) is 0 Å². The second-order valence-corrected chi connectivity index (χ2v) is 7.30. The fourth-order valence-electron chi connectivity index (χ4n) is 2.63. The van der Waals surface area contributed by atoms with Gasteiger partial charge in [-0.15, -0.1) is 11.3 Å². The quantitative estimate of drug-likeness (QED) is 0.872. The number of nitrogens with two attached hydrogens (primary N) is 1. The molecule has 0 radical (unpaired) electrons. The van der Waals surface area contributed by atoms with Gasteiger partial charge in [-0.3, -0.25) is 4.79 Å². The number of hydrogen-bond acceptors (Lipinski definition) is 5. The first-order chi connectivity index (χ1) is 11.6. The van der Waals surface area contributed by atoms with E-state index in [9.17, 15) is 4.79 Å². The molecule has 2 heterocycles. The standard InChI is InChI=1S/C16H17Cl2N3O2S/c17-12-4-3-10(6-13(12)18)23-11-2-1-5-21(8-11)16(22)14-9-24-15(7-19)20-14/h3-4,6,9,11H,1-2,5,7-8,19H2. The molecule has 1 aromatic carbocycles. The molecule has 1 aliphatic heterocycles. The Kier molecular flexibility index (Phi) is 5.61. The summed E-state index contributed by atoms with van der Waals surface area (Å²) in [7, 11) is 0. The van der Waals surface area contributed by atoms with Crippen LogP contribution in [0.3, 0.4) is 0 Å². The van der Waals surface area contributed by atoms with E-state index in [0.29, 0.717) is 41.1 Å². The number of hydrogen-bond donors (Lipinski definition) is 1. The van der Waals surface area contributed by atoms with Gasteiger partial charge in [-0.25, -0.2) is 4.98 Å². The van der Waals surface area contributed by atoms with E-state index >= 15 is 0 Å². The van der Waals surface area contributed by atoms with E-state index in [1.165, 1.54) is 11.3 Å². The molecule has 1 aliphatic rings. The molecule has 1 atom stereocenters. The first-order valence-corrected chi connectivity index (χ1v) is 9.26. The molecule has 1 aromatic heterocycles. The van der Waals surface area contributed by atoms with E-state index in [-0.39, 0.29) is 12.0 Å². The van der Waals surface area contributed by atoms with Gasteiger partial charge in [-0.1, -0.05) is 23.2 Å². The number of ether oxygens (including phenoxy) is 1. The van der Waals surface area contributed by atoms with Gasteiger partial charge < -0.3 is 15.4 Å². The molecule has 1 unspecified atom stereocenters. The molecule has 1 saturated heterocycles. The number of likely N-dealkylation sites (tertiary alicyclic amines) is 1. The van der Waals surface area contributed by atoms with E-state index in [1.54, 1.807) is 28.5 Å². The van der Waals surface area contributed by atoms with Crippen molar-refractivity contribution in [3.05, 3.63) is 44.3 Å². The van der Waals surface area contributed by atoms with Gasteiger partial charge in [0.05, 0.1) is 16.6 Å². The van der Waals surface area contributed by atoms with Crippen LogP contribution >= 0.6 is 34.5 Å². The summed E-state index contributed by atoms with van der Waals surface area (Å²) in [4.78, 5) is 18.6. The van der Waals surface area contributed by atoms with Crippen LogP contribution in [-0.4, -0.2) is 35.0 Å². The highest BCUT2D eigenvalue weighted by molar-refractivity contribution is 7.09. The van der Waals surface area contributed by atoms with Gasteiger partial charge >= 0.3 is 0 Å². The fraction of sp³-hybridized carbons (Fsp3) is 0.375. The Balaban J connectivity index is 1.65. The maximum Gasteiger partial charge on any atom is 0.273 e. The molecule has 2 N–H and O–H groups in total. The monoisotopic (exact) mass is 385 g/mol. The highest BCUT2D eigenvalue weighted by atomic mass is 35.5. The molecule has 24 heavy (non-hydrogen) atoms. The number of amides is 1. The molecule has 0 saturated carbocycles. The van der Waals surface area contributed by atoms with Gasteiger partial charge in [0.15, 0.2) is 0 Å². The number of rotatable bonds is 4. The summed E-state index contributed by atoms with van der Waals surface area (Å²) in [6.07, 6.45) is 1.69. The largest absolute Gasteiger partial charge is 0.489 e. The van der Waals surface area contributed by atoms with E-state index in [0.717, 1.165) is 17.8 Å². The third-order valence-corrected chi connectivity index (χ3v) is 5.41. The van der Waals surface area contributed by atoms with Gasteiger partial charge in [0, 0.05) is 24.5 Å². The molecule has 128 valence electrons. The van der Waals surface area contributed by atoms with Gasteiger partial charge in [-0.2, -0.15) is 0 Å². The zero-order valence-electron chi connectivity index (χ0n) is 12.9. The molecule has 5 nitrogen and oxygen atoms in total. The van der Waals surface area contributed by atoms with E-state index in [4.69, 9.17) is 33.7 Å². The van der Waals surface area contributed by atoms with Crippen molar-refractivity contribution in [1.29, 1.82) is 0 Å². The average molecular weight is 386 g/mol. The summed E-state index contributed by atoms with van der Waals surface area (Å²) >= 11 is 13.3. The summed E-state index contributed by atoms with van der Waals surface area (Å²) in [5, 5.41) is 3.46. The minimum absolute atomic E-state index is 0.0756. The molecular weight excluding hydrogens is 369 g/mol. The predicted octanol–water partition coefficient (Wildman–Crippen LogP) is 3.59. The minimum atomic E-state index is -0.0763. The lowest BCUT2D eigenvalue weighted by Crippen LogP contribution is -2.44. The Morgan fingerprint density at radius 3 is 2.96 bits per heavy atom. The van der Waals surface area contributed by atoms with Crippen molar-refractivity contribution in [3.8, 4) is 5.75 Å². The van der Waals surface area contributed by atoms with Crippen LogP contribution < -0.4 is 10.5 Å². The van der Waals surface area contributed by atoms with Crippen molar-refractivity contribution >= 4 is 40.4 Å². The third-order valence-electron chi connectivity index (χ3n) is 3.80. The van der Waals surface area contributed by atoms with Crippen LogP contribution in [0.15, 0.2) is 23.6 Å². The molecule has 1 fully saturated rings. The fourth-order valence-corrected chi connectivity index (χ4v) is 3.56. The zero-order valence-corrected chi connectivity index (χ0v) is 15.2. The van der Waals surface area contributed by atoms with Crippen molar-refractivity contribution in [2.75, 3.05) is 13.1 Å². The SMILES string of the molecule is NCc1nc(C(=O)N2CCCC(Oc3ccc(Cl)c(Cl)c3)C2)cs1. The molecule has 8 heteroatoms. The summed E-state index contributed by atoms with van der Waals surface area (Å²) in [6, 6.07) is 5.18. The highest BCUT2D eigenvalue weighted by Gasteiger charge is 2.27. The van der Waals surface area contributed by atoms with E-state index in [2.05, 4.69) is 4.98 Å². The third kappa shape index (κ3) is 4.00. The first-order valence-electron chi connectivity index (χ1n) is 7.62. The summed E-state index contributed by atoms with van der Waals surface area (Å²) in [6.45, 7) is 1.57. The van der Waals surface area contributed by atoms with Gasteiger partial charge in [0.25, 0.3) is 5.91 Å². The topological polar surface area (TPSA) is 68.5 Å². The Labute approximate surface area is 154 Å². The van der Waals surface area contributed by atoms with Crippen LogP contribution in [0.4, 0.5) is 0 Å². The molecular formula is C16H17Cl2N3O2S. The van der Waals surface area contributed by atoms with E-state index in [1.807, 2.05) is 0 Å². The number of carbonyl (C=O) groups is 1. The number of halogens is 2. The maximum absolute atomic E-state index is 12.6. The van der Waals surface area contributed by atoms with Crippen molar-refractivity contribution in [1.82, 2.24) is 9.88 Å². The normalized spacial score (nSPS) is 17.8. The molecule has 0 spiro atoms.